The lowest BCUT2D eigenvalue weighted by atomic mass is 10.2. The smallest absolute Gasteiger partial charge is 0.0591 e. The summed E-state index contributed by atoms with van der Waals surface area (Å²) in [5.74, 6) is 0. The van der Waals surface area contributed by atoms with Crippen LogP contribution in [0.1, 0.15) is 25.3 Å². The molecule has 0 saturated carbocycles. The van der Waals surface area contributed by atoms with Gasteiger partial charge in [-0.15, -0.1) is 11.8 Å². The van der Waals surface area contributed by atoms with Crippen molar-refractivity contribution >= 4 is 11.8 Å². The summed E-state index contributed by atoms with van der Waals surface area (Å²) >= 11 is 1.78. The van der Waals surface area contributed by atoms with Crippen molar-refractivity contribution < 1.29 is 4.74 Å². The van der Waals surface area contributed by atoms with Gasteiger partial charge in [-0.05, 0) is 30.4 Å². The van der Waals surface area contributed by atoms with Gasteiger partial charge < -0.3 is 10.1 Å². The van der Waals surface area contributed by atoms with Crippen LogP contribution in [0.15, 0.2) is 29.2 Å². The second-order valence-corrected chi connectivity index (χ2v) is 4.87. The zero-order valence-corrected chi connectivity index (χ0v) is 11.7. The van der Waals surface area contributed by atoms with E-state index in [2.05, 4.69) is 42.8 Å². The summed E-state index contributed by atoms with van der Waals surface area (Å²) in [5.41, 5.74) is 1.33. The molecule has 0 bridgehead atoms. The Hall–Kier alpha value is -0.510. The van der Waals surface area contributed by atoms with Gasteiger partial charge in [0, 0.05) is 24.6 Å². The van der Waals surface area contributed by atoms with Crippen LogP contribution in [0.5, 0.6) is 0 Å². The summed E-state index contributed by atoms with van der Waals surface area (Å²) in [5, 5.41) is 3.38. The maximum absolute atomic E-state index is 5.48. The van der Waals surface area contributed by atoms with E-state index < -0.39 is 0 Å². The van der Waals surface area contributed by atoms with E-state index in [0.717, 1.165) is 32.7 Å². The van der Waals surface area contributed by atoms with E-state index in [9.17, 15) is 0 Å². The van der Waals surface area contributed by atoms with Gasteiger partial charge >= 0.3 is 0 Å². The molecule has 1 rings (SSSR count). The van der Waals surface area contributed by atoms with Crippen LogP contribution in [0, 0.1) is 0 Å². The maximum atomic E-state index is 5.48. The standard InChI is InChI=1S/C14H23NOS/c1-3-4-10-16-11-9-15-12-13-5-7-14(17-2)8-6-13/h5-8,15H,3-4,9-12H2,1-2H3. The van der Waals surface area contributed by atoms with Crippen LogP contribution < -0.4 is 5.32 Å². The van der Waals surface area contributed by atoms with Crippen molar-refractivity contribution in [1.82, 2.24) is 5.32 Å². The SMILES string of the molecule is CCCCOCCNCc1ccc(SC)cc1. The van der Waals surface area contributed by atoms with Gasteiger partial charge in [0.2, 0.25) is 0 Å². The molecule has 0 saturated heterocycles. The molecule has 3 heteroatoms. The minimum Gasteiger partial charge on any atom is -0.380 e. The van der Waals surface area contributed by atoms with Gasteiger partial charge in [0.15, 0.2) is 0 Å². The van der Waals surface area contributed by atoms with Gasteiger partial charge in [-0.25, -0.2) is 0 Å². The van der Waals surface area contributed by atoms with Gasteiger partial charge in [0.05, 0.1) is 6.61 Å². The summed E-state index contributed by atoms with van der Waals surface area (Å²) < 4.78 is 5.48. The third-order valence-electron chi connectivity index (χ3n) is 2.55. The first-order chi connectivity index (χ1) is 8.36. The fourth-order valence-electron chi connectivity index (χ4n) is 1.47. The van der Waals surface area contributed by atoms with Crippen molar-refractivity contribution in [2.45, 2.75) is 31.2 Å². The first-order valence-corrected chi connectivity index (χ1v) is 7.50. The predicted octanol–water partition coefficient (Wildman–Crippen LogP) is 3.31. The summed E-state index contributed by atoms with van der Waals surface area (Å²) in [6.45, 7) is 5.73. The zero-order valence-electron chi connectivity index (χ0n) is 10.9. The fraction of sp³-hybridized carbons (Fsp3) is 0.571. The van der Waals surface area contributed by atoms with E-state index >= 15 is 0 Å². The van der Waals surface area contributed by atoms with Crippen LogP contribution in [0.4, 0.5) is 0 Å². The van der Waals surface area contributed by atoms with Crippen molar-refractivity contribution in [3.8, 4) is 0 Å². The molecule has 17 heavy (non-hydrogen) atoms. The molecular weight excluding hydrogens is 230 g/mol. The number of unbranched alkanes of at least 4 members (excludes halogenated alkanes) is 1. The van der Waals surface area contributed by atoms with E-state index in [-0.39, 0.29) is 0 Å². The minimum absolute atomic E-state index is 0.808. The third kappa shape index (κ3) is 6.71. The van der Waals surface area contributed by atoms with Crippen LogP contribution in [-0.4, -0.2) is 26.0 Å². The number of hydrogen-bond acceptors (Lipinski definition) is 3. The molecule has 0 heterocycles. The molecule has 0 amide bonds. The van der Waals surface area contributed by atoms with Crippen LogP contribution in [-0.2, 0) is 11.3 Å². The van der Waals surface area contributed by atoms with E-state index in [1.807, 2.05) is 0 Å². The minimum atomic E-state index is 0.808. The quantitative estimate of drug-likeness (QED) is 0.539. The molecule has 96 valence electrons. The largest absolute Gasteiger partial charge is 0.380 e. The summed E-state index contributed by atoms with van der Waals surface area (Å²) in [6, 6.07) is 8.69. The van der Waals surface area contributed by atoms with E-state index in [1.165, 1.54) is 16.9 Å². The van der Waals surface area contributed by atoms with Crippen molar-refractivity contribution in [1.29, 1.82) is 0 Å². The molecule has 1 aromatic rings. The molecular formula is C14H23NOS. The summed E-state index contributed by atoms with van der Waals surface area (Å²) in [7, 11) is 0. The highest BCUT2D eigenvalue weighted by atomic mass is 32.2. The second kappa shape index (κ2) is 9.51. The molecule has 0 atom stereocenters. The predicted molar refractivity (Wildman–Crippen MR) is 75.7 cm³/mol. The maximum Gasteiger partial charge on any atom is 0.0591 e. The molecule has 0 aliphatic heterocycles. The number of benzene rings is 1. The lowest BCUT2D eigenvalue weighted by molar-refractivity contribution is 0.133. The van der Waals surface area contributed by atoms with Gasteiger partial charge in [0.25, 0.3) is 0 Å². The third-order valence-corrected chi connectivity index (χ3v) is 3.30. The molecule has 0 radical (unpaired) electrons. The van der Waals surface area contributed by atoms with Gasteiger partial charge in [-0.1, -0.05) is 25.5 Å². The average Bonchev–Trinajstić information content (AvgIpc) is 2.38. The Morgan fingerprint density at radius 2 is 1.94 bits per heavy atom. The Bertz CT molecular complexity index is 287. The second-order valence-electron chi connectivity index (χ2n) is 3.99. The van der Waals surface area contributed by atoms with Crippen molar-refractivity contribution in [2.24, 2.45) is 0 Å². The molecule has 0 aliphatic rings. The van der Waals surface area contributed by atoms with E-state index in [1.54, 1.807) is 11.8 Å². The summed E-state index contributed by atoms with van der Waals surface area (Å²) in [4.78, 5) is 1.32. The highest BCUT2D eigenvalue weighted by Crippen LogP contribution is 2.14. The first-order valence-electron chi connectivity index (χ1n) is 6.28. The molecule has 2 nitrogen and oxygen atoms in total. The fourth-order valence-corrected chi connectivity index (χ4v) is 1.88. The lowest BCUT2D eigenvalue weighted by Crippen LogP contribution is -2.19. The van der Waals surface area contributed by atoms with Crippen LogP contribution in [0.3, 0.4) is 0 Å². The summed E-state index contributed by atoms with van der Waals surface area (Å²) in [6.07, 6.45) is 4.46. The van der Waals surface area contributed by atoms with Gasteiger partial charge in [0.1, 0.15) is 0 Å². The molecule has 0 unspecified atom stereocenters. The molecule has 0 aliphatic carbocycles. The van der Waals surface area contributed by atoms with Gasteiger partial charge in [-0.2, -0.15) is 0 Å². The van der Waals surface area contributed by atoms with Crippen molar-refractivity contribution in [3.63, 3.8) is 0 Å². The van der Waals surface area contributed by atoms with Crippen LogP contribution in [0.25, 0.3) is 0 Å². The number of nitrogens with one attached hydrogen (secondary N) is 1. The Balaban J connectivity index is 2.05. The van der Waals surface area contributed by atoms with E-state index in [0.29, 0.717) is 0 Å². The molecule has 0 fully saturated rings. The molecule has 0 aromatic heterocycles. The Morgan fingerprint density at radius 1 is 1.18 bits per heavy atom. The molecule has 1 aromatic carbocycles. The highest BCUT2D eigenvalue weighted by Gasteiger charge is 1.94. The molecule has 1 N–H and O–H groups in total. The van der Waals surface area contributed by atoms with Crippen molar-refractivity contribution in [2.75, 3.05) is 26.0 Å². The first kappa shape index (κ1) is 14.6. The monoisotopic (exact) mass is 253 g/mol. The topological polar surface area (TPSA) is 21.3 Å². The number of ether oxygens (including phenoxy) is 1. The van der Waals surface area contributed by atoms with Crippen LogP contribution >= 0.6 is 11.8 Å². The van der Waals surface area contributed by atoms with Gasteiger partial charge in [-0.3, -0.25) is 0 Å². The van der Waals surface area contributed by atoms with Crippen molar-refractivity contribution in [3.05, 3.63) is 29.8 Å². The number of hydrogen-bond donors (Lipinski definition) is 1. The Labute approximate surface area is 109 Å². The zero-order chi connectivity index (χ0) is 12.3. The Morgan fingerprint density at radius 3 is 2.59 bits per heavy atom. The normalized spacial score (nSPS) is 10.7. The highest BCUT2D eigenvalue weighted by molar-refractivity contribution is 7.98. The van der Waals surface area contributed by atoms with E-state index in [4.69, 9.17) is 4.74 Å². The molecule has 0 spiro atoms. The lowest BCUT2D eigenvalue weighted by Gasteiger charge is -2.06. The average molecular weight is 253 g/mol. The number of rotatable bonds is 9. The number of thioether (sulfide) groups is 1. The Kier molecular flexibility index (Phi) is 8.14. The van der Waals surface area contributed by atoms with Crippen LogP contribution in [0.2, 0.25) is 0 Å².